The number of para-hydroxylation sites is 1. The zero-order chi connectivity index (χ0) is 11.4. The van der Waals surface area contributed by atoms with Crippen molar-refractivity contribution in [1.82, 2.24) is 0 Å². The molecule has 1 aromatic rings. The summed E-state index contributed by atoms with van der Waals surface area (Å²) in [6.07, 6.45) is 3.92. The van der Waals surface area contributed by atoms with E-state index in [4.69, 9.17) is 0 Å². The lowest BCUT2D eigenvalue weighted by Gasteiger charge is -2.02. The van der Waals surface area contributed by atoms with E-state index < -0.39 is 0 Å². The normalized spacial score (nSPS) is 13.2. The van der Waals surface area contributed by atoms with E-state index >= 15 is 0 Å². The summed E-state index contributed by atoms with van der Waals surface area (Å²) in [5, 5.41) is 4.13. The Morgan fingerprint density at radius 2 is 2.19 bits per heavy atom. The van der Waals surface area contributed by atoms with Gasteiger partial charge in [-0.15, -0.1) is 0 Å². The molecule has 0 amide bonds. The second-order valence-corrected chi connectivity index (χ2v) is 3.39. The van der Waals surface area contributed by atoms with Crippen LogP contribution in [0.4, 0.5) is 5.69 Å². The molecule has 2 rings (SSSR count). The van der Waals surface area contributed by atoms with E-state index in [0.29, 0.717) is 5.71 Å². The summed E-state index contributed by atoms with van der Waals surface area (Å²) in [6, 6.07) is 7.80. The van der Waals surface area contributed by atoms with Crippen molar-refractivity contribution in [2.75, 3.05) is 12.5 Å². The number of nitrogens with zero attached hydrogens (tertiary/aromatic N) is 1. The Hall–Kier alpha value is -2.10. The summed E-state index contributed by atoms with van der Waals surface area (Å²) in [5.41, 5.74) is 5.55. The van der Waals surface area contributed by atoms with Crippen LogP contribution in [0.1, 0.15) is 12.0 Å². The number of benzene rings is 1. The van der Waals surface area contributed by atoms with Gasteiger partial charge < -0.3 is 4.74 Å². The van der Waals surface area contributed by atoms with E-state index in [-0.39, 0.29) is 12.4 Å². The van der Waals surface area contributed by atoms with Crippen LogP contribution in [0.3, 0.4) is 0 Å². The molecular formula is C12H12N2O2. The van der Waals surface area contributed by atoms with Crippen LogP contribution >= 0.6 is 0 Å². The predicted octanol–water partition coefficient (Wildman–Crippen LogP) is 2.04. The lowest BCUT2D eigenvalue weighted by atomic mass is 10.1. The molecule has 16 heavy (non-hydrogen) atoms. The van der Waals surface area contributed by atoms with Crippen molar-refractivity contribution < 1.29 is 9.53 Å². The quantitative estimate of drug-likeness (QED) is 0.770. The molecule has 1 aliphatic heterocycles. The second-order valence-electron chi connectivity index (χ2n) is 3.39. The first-order valence-electron chi connectivity index (χ1n) is 4.96. The monoisotopic (exact) mass is 216 g/mol. The number of fused-ring (bicyclic) bond motifs is 1. The molecular weight excluding hydrogens is 204 g/mol. The van der Waals surface area contributed by atoms with Gasteiger partial charge in [0.15, 0.2) is 0 Å². The van der Waals surface area contributed by atoms with E-state index in [1.807, 2.05) is 36.4 Å². The van der Waals surface area contributed by atoms with Crippen LogP contribution in [-0.2, 0) is 9.53 Å². The maximum absolute atomic E-state index is 11.1. The zero-order valence-corrected chi connectivity index (χ0v) is 8.93. The first-order valence-corrected chi connectivity index (χ1v) is 4.96. The number of methoxy groups -OCH3 is 1. The minimum Gasteiger partial charge on any atom is -0.469 e. The molecule has 0 saturated carbocycles. The Bertz CT molecular complexity index is 464. The number of hydrogen-bond acceptors (Lipinski definition) is 4. The van der Waals surface area contributed by atoms with Crippen LogP contribution in [0.2, 0.25) is 0 Å². The van der Waals surface area contributed by atoms with Gasteiger partial charge in [-0.2, -0.15) is 5.10 Å². The average Bonchev–Trinajstić information content (AvgIpc) is 2.52. The highest BCUT2D eigenvalue weighted by Crippen LogP contribution is 2.19. The van der Waals surface area contributed by atoms with Gasteiger partial charge in [-0.25, -0.2) is 0 Å². The number of carbonyl (C=O) groups is 1. The number of rotatable bonds is 2. The number of carbonyl (C=O) groups excluding carboxylic acids is 1. The van der Waals surface area contributed by atoms with Crippen LogP contribution in [0, 0.1) is 0 Å². The SMILES string of the molecule is COC(=O)CC1=NNc2ccccc2C=C1. The third-order valence-corrected chi connectivity index (χ3v) is 2.29. The Morgan fingerprint density at radius 3 is 3.00 bits per heavy atom. The van der Waals surface area contributed by atoms with Crippen LogP contribution in [0.25, 0.3) is 6.08 Å². The molecule has 0 radical (unpaired) electrons. The highest BCUT2D eigenvalue weighted by molar-refractivity contribution is 6.08. The van der Waals surface area contributed by atoms with Crippen LogP contribution in [-0.4, -0.2) is 18.8 Å². The molecule has 0 unspecified atom stereocenters. The number of allylic oxidation sites excluding steroid dienone is 1. The zero-order valence-electron chi connectivity index (χ0n) is 8.93. The molecule has 0 fully saturated rings. The maximum atomic E-state index is 11.1. The molecule has 0 atom stereocenters. The number of nitrogens with one attached hydrogen (secondary N) is 1. The molecule has 82 valence electrons. The standard InChI is InChI=1S/C12H12N2O2/c1-16-12(15)8-10-7-6-9-4-2-3-5-11(9)14-13-10/h2-7,14H,8H2,1H3. The number of esters is 1. The molecule has 1 aliphatic rings. The van der Waals surface area contributed by atoms with Gasteiger partial charge in [-0.1, -0.05) is 24.3 Å². The van der Waals surface area contributed by atoms with Crippen LogP contribution in [0.5, 0.6) is 0 Å². The van der Waals surface area contributed by atoms with Crippen molar-refractivity contribution in [2.24, 2.45) is 5.10 Å². The highest BCUT2D eigenvalue weighted by atomic mass is 16.5. The molecule has 0 bridgehead atoms. The van der Waals surface area contributed by atoms with E-state index in [9.17, 15) is 4.79 Å². The van der Waals surface area contributed by atoms with Crippen molar-refractivity contribution in [3.8, 4) is 0 Å². The topological polar surface area (TPSA) is 50.7 Å². The predicted molar refractivity (Wildman–Crippen MR) is 63.2 cm³/mol. The van der Waals surface area contributed by atoms with Crippen LogP contribution < -0.4 is 5.43 Å². The smallest absolute Gasteiger partial charge is 0.311 e. The van der Waals surface area contributed by atoms with E-state index in [2.05, 4.69) is 15.3 Å². The van der Waals surface area contributed by atoms with Crippen molar-refractivity contribution in [3.05, 3.63) is 35.9 Å². The summed E-state index contributed by atoms with van der Waals surface area (Å²) in [4.78, 5) is 11.1. The Morgan fingerprint density at radius 1 is 1.38 bits per heavy atom. The van der Waals surface area contributed by atoms with Crippen molar-refractivity contribution >= 4 is 23.4 Å². The summed E-state index contributed by atoms with van der Waals surface area (Å²) >= 11 is 0. The first-order chi connectivity index (χ1) is 7.79. The number of anilines is 1. The van der Waals surface area contributed by atoms with Gasteiger partial charge in [-0.05, 0) is 17.7 Å². The third-order valence-electron chi connectivity index (χ3n) is 2.29. The number of hydrazone groups is 1. The lowest BCUT2D eigenvalue weighted by molar-refractivity contribution is -0.139. The van der Waals surface area contributed by atoms with E-state index in [0.717, 1.165) is 11.3 Å². The molecule has 4 nitrogen and oxygen atoms in total. The summed E-state index contributed by atoms with van der Waals surface area (Å²) in [5.74, 6) is -0.295. The maximum Gasteiger partial charge on any atom is 0.311 e. The van der Waals surface area contributed by atoms with Gasteiger partial charge in [-0.3, -0.25) is 10.2 Å². The molecule has 1 N–H and O–H groups in total. The molecule has 0 aliphatic carbocycles. The minimum absolute atomic E-state index is 0.175. The number of ether oxygens (including phenoxy) is 1. The van der Waals surface area contributed by atoms with E-state index in [1.165, 1.54) is 7.11 Å². The van der Waals surface area contributed by atoms with Gasteiger partial charge in [0, 0.05) is 0 Å². The molecule has 0 saturated heterocycles. The summed E-state index contributed by atoms with van der Waals surface area (Å²) in [6.45, 7) is 0. The molecule has 0 aromatic heterocycles. The first kappa shape index (κ1) is 10.4. The summed E-state index contributed by atoms with van der Waals surface area (Å²) < 4.78 is 4.59. The largest absolute Gasteiger partial charge is 0.469 e. The van der Waals surface area contributed by atoms with Gasteiger partial charge in [0.1, 0.15) is 0 Å². The highest BCUT2D eigenvalue weighted by Gasteiger charge is 2.08. The fourth-order valence-electron chi connectivity index (χ4n) is 1.42. The van der Waals surface area contributed by atoms with Gasteiger partial charge in [0.05, 0.1) is 24.9 Å². The molecule has 0 spiro atoms. The fraction of sp³-hybridized carbons (Fsp3) is 0.167. The van der Waals surface area contributed by atoms with Gasteiger partial charge >= 0.3 is 5.97 Å². The average molecular weight is 216 g/mol. The lowest BCUT2D eigenvalue weighted by Crippen LogP contribution is -2.08. The Kier molecular flexibility index (Phi) is 3.00. The molecule has 4 heteroatoms. The van der Waals surface area contributed by atoms with Gasteiger partial charge in [0.2, 0.25) is 0 Å². The third kappa shape index (κ3) is 2.28. The van der Waals surface area contributed by atoms with Gasteiger partial charge in [0.25, 0.3) is 0 Å². The van der Waals surface area contributed by atoms with Crippen molar-refractivity contribution in [2.45, 2.75) is 6.42 Å². The molecule has 1 heterocycles. The van der Waals surface area contributed by atoms with E-state index in [1.54, 1.807) is 0 Å². The Balaban J connectivity index is 2.18. The minimum atomic E-state index is -0.295. The van der Waals surface area contributed by atoms with Crippen molar-refractivity contribution in [3.63, 3.8) is 0 Å². The Labute approximate surface area is 93.6 Å². The second kappa shape index (κ2) is 4.61. The molecule has 1 aromatic carbocycles. The number of hydrogen-bond donors (Lipinski definition) is 1. The van der Waals surface area contributed by atoms with Crippen LogP contribution in [0.15, 0.2) is 35.4 Å². The summed E-state index contributed by atoms with van der Waals surface area (Å²) in [7, 11) is 1.37. The fourth-order valence-corrected chi connectivity index (χ4v) is 1.42. The van der Waals surface area contributed by atoms with Crippen molar-refractivity contribution in [1.29, 1.82) is 0 Å².